The maximum Gasteiger partial charge on any atom is 0.162 e. The first-order valence-electron chi connectivity index (χ1n) is 45.9. The van der Waals surface area contributed by atoms with Crippen molar-refractivity contribution in [2.75, 3.05) is 0 Å². The maximum atomic E-state index is 11.7. The van der Waals surface area contributed by atoms with Crippen LogP contribution < -0.4 is 9.58 Å². The zero-order valence-electron chi connectivity index (χ0n) is 80.1. The molecule has 0 saturated heterocycles. The monoisotopic (exact) mass is 2380 g/mol. The van der Waals surface area contributed by atoms with Crippen molar-refractivity contribution in [3.63, 3.8) is 0 Å². The molecule has 0 atom stereocenters. The fraction of sp³-hybridized carbons (Fsp3) is 0.276. The Morgan fingerprint density at radius 1 is 0.376 bits per heavy atom. The van der Waals surface area contributed by atoms with Gasteiger partial charge in [-0.05, 0) is 135 Å². The van der Waals surface area contributed by atoms with Crippen molar-refractivity contribution in [2.45, 2.75) is 179 Å². The number of allylic oxidation sites excluding steroid dienone is 6. The molecular formula is C116H122GeIr3N3O9Si-3. The van der Waals surface area contributed by atoms with Gasteiger partial charge in [0.05, 0.1) is 47.6 Å². The summed E-state index contributed by atoms with van der Waals surface area (Å²) in [4.78, 5) is 47.3. The molecule has 0 unspecified atom stereocenters. The van der Waals surface area contributed by atoms with Crippen LogP contribution in [0.25, 0.3) is 165 Å². The van der Waals surface area contributed by atoms with E-state index >= 15 is 0 Å². The SMILES string of the molecule is CC(=O)C=C(C)O.CC(=O)C=C(C)O.CC(C)Cc1[c-]c(-c2c[c]([Ge]([CH3])([CH3])[CH3])c3c(ccc4ccccc43)n2)c2oc3ccccc3c2c1.CC(C)Cc1[c-]c(-c2cc([Si](C)(C)C)c3c(ccc4ccccc43)n2)c2oc3ccccc3c2c1.CC(C)Cc1[c-]c(-c2ccc3c(ccc4ccccc43)n2)c2oc3ccccc3c2c1.CCC(CC)C(=O)C=C(O)C(CC)CC.[Ir].[Ir].[Ir]. The smallest absolute Gasteiger partial charge is 0.162 e. The molecule has 0 spiro atoms. The minimum atomic E-state index is -2.28. The van der Waals surface area contributed by atoms with Gasteiger partial charge in [-0.1, -0.05) is 217 Å². The van der Waals surface area contributed by atoms with Crippen molar-refractivity contribution < 1.29 is 103 Å². The van der Waals surface area contributed by atoms with Crippen LogP contribution in [-0.2, 0) is 94.0 Å². The number of ketones is 3. The second kappa shape index (κ2) is 46.1. The molecule has 6 heterocycles. The van der Waals surface area contributed by atoms with Crippen LogP contribution >= 0.6 is 0 Å². The van der Waals surface area contributed by atoms with Gasteiger partial charge in [0, 0.05) is 112 Å². The number of aromatic nitrogens is 3. The number of para-hydroxylation sites is 3. The third kappa shape index (κ3) is 24.9. The van der Waals surface area contributed by atoms with Gasteiger partial charge in [0.25, 0.3) is 0 Å². The summed E-state index contributed by atoms with van der Waals surface area (Å²) in [7, 11) is -1.70. The first-order chi connectivity index (χ1) is 62.1. The van der Waals surface area contributed by atoms with Crippen LogP contribution in [0.5, 0.6) is 0 Å². The van der Waals surface area contributed by atoms with Crippen molar-refractivity contribution >= 4 is 179 Å². The summed E-state index contributed by atoms with van der Waals surface area (Å²) in [5, 5.41) is 46.2. The quantitative estimate of drug-likeness (QED) is 0.0216. The van der Waals surface area contributed by atoms with E-state index in [1.807, 2.05) is 52.0 Å². The van der Waals surface area contributed by atoms with E-state index in [0.717, 1.165) is 161 Å². The third-order valence-electron chi connectivity index (χ3n) is 23.6. The number of carbonyl (C=O) groups is 3. The second-order valence-corrected chi connectivity index (χ2v) is 53.2. The van der Waals surface area contributed by atoms with Crippen LogP contribution in [0.4, 0.5) is 0 Å². The number of aliphatic hydroxyl groups is 3. The Bertz CT molecular complexity index is 7040. The normalized spacial score (nSPS) is 12.0. The second-order valence-electron chi connectivity index (χ2n) is 37.6. The van der Waals surface area contributed by atoms with Crippen LogP contribution in [0.3, 0.4) is 0 Å². The molecule has 18 rings (SSSR count). The van der Waals surface area contributed by atoms with Crippen molar-refractivity contribution in [3.05, 3.63) is 295 Å². The predicted molar refractivity (Wildman–Crippen MR) is 552 cm³/mol. The topological polar surface area (TPSA) is 190 Å². The average Bonchev–Trinajstić information content (AvgIpc) is 1.72. The molecule has 12 aromatic carbocycles. The number of hydrogen-bond donors (Lipinski definition) is 3. The Balaban J connectivity index is 0.000000179. The van der Waals surface area contributed by atoms with E-state index in [-0.39, 0.29) is 107 Å². The number of aliphatic hydroxyl groups excluding tert-OH is 3. The number of pyridine rings is 3. The molecular weight excluding hydrogens is 2260 g/mol. The molecule has 0 aliphatic heterocycles. The van der Waals surface area contributed by atoms with Crippen LogP contribution in [0, 0.1) is 47.8 Å². The van der Waals surface area contributed by atoms with Crippen molar-refractivity contribution in [1.29, 1.82) is 0 Å². The molecule has 0 aliphatic rings. The van der Waals surface area contributed by atoms with E-state index in [1.54, 1.807) is 0 Å². The number of hydrogen-bond acceptors (Lipinski definition) is 12. The molecule has 0 fully saturated rings. The van der Waals surface area contributed by atoms with Gasteiger partial charge in [0.1, 0.15) is 11.2 Å². The Hall–Kier alpha value is -10.6. The van der Waals surface area contributed by atoms with Gasteiger partial charge >= 0.3 is 210 Å². The molecule has 3 N–H and O–H groups in total. The number of fused-ring (bicyclic) bond motifs is 18. The number of rotatable bonds is 20. The Morgan fingerprint density at radius 3 is 1.08 bits per heavy atom. The third-order valence-corrected chi connectivity index (χ3v) is 29.8. The van der Waals surface area contributed by atoms with Crippen LogP contribution in [0.2, 0.25) is 36.9 Å². The molecule has 0 saturated carbocycles. The van der Waals surface area contributed by atoms with Gasteiger partial charge in [0.15, 0.2) is 17.3 Å². The number of furan rings is 3. The Labute approximate surface area is 827 Å². The molecule has 18 aromatic rings. The standard InChI is InChI=1S/C32H30GeNO.C32H30NOSi.C29H22NO.C13H24O2.2C5H8O2.3Ir/c1-20(2)16-21-17-25-24-12-8-9-13-30(24)35-32(25)26(18-21)29-19-27(33(3,4)5)31-23-11-7-6-10-22(23)14-15-28(31)34-29;1-20(2)16-21-17-25-24-12-8-9-13-29(24)34-32(25)26(18-21)28-19-30(35(3,4)5)31-23-11-7-6-10-22(23)14-15-27(31)33-28;1-18(2)15-19-16-24-23-9-5-6-10-28(23)31-29(24)25(17-19)27-14-12-22-21-8-4-3-7-20(21)11-13-26(22)30-27;1-5-10(6-2)12(14)9-13(15)11(7-3)8-4;2*1-4(6)3-5(2)7;;;/h2*6-15,17,19-20H,16H2,1-5H3;3-14,16,18H,15H2,1-2H3;9-11,14H,5-8H2,1-4H3;2*3,6H,1-2H3;;;/q3*-1;;;;;;. The van der Waals surface area contributed by atoms with Crippen molar-refractivity contribution in [2.24, 2.45) is 29.6 Å². The van der Waals surface area contributed by atoms with E-state index in [4.69, 9.17) is 38.4 Å². The van der Waals surface area contributed by atoms with E-state index in [1.165, 1.54) is 121 Å². The number of nitrogens with zero attached hydrogens (tertiary/aromatic N) is 3. The maximum absolute atomic E-state index is 11.7. The molecule has 133 heavy (non-hydrogen) atoms. The molecule has 693 valence electrons. The molecule has 0 amide bonds. The molecule has 3 radical (unpaired) electrons. The van der Waals surface area contributed by atoms with Crippen molar-refractivity contribution in [3.8, 4) is 33.8 Å². The summed E-state index contributed by atoms with van der Waals surface area (Å²) in [6, 6.07) is 90.5. The van der Waals surface area contributed by atoms with E-state index in [0.29, 0.717) is 17.8 Å². The number of benzene rings is 12. The van der Waals surface area contributed by atoms with Crippen LogP contribution in [-0.4, -0.2) is 69.0 Å². The van der Waals surface area contributed by atoms with Gasteiger partial charge < -0.3 is 24.2 Å². The molecule has 6 aromatic heterocycles. The summed E-state index contributed by atoms with van der Waals surface area (Å²) < 4.78 is 20.7. The fourth-order valence-electron chi connectivity index (χ4n) is 17.5. The summed E-state index contributed by atoms with van der Waals surface area (Å²) in [6.45, 7) is 34.5. The number of carbonyl (C=O) groups excluding carboxylic acids is 3. The Morgan fingerprint density at radius 2 is 0.714 bits per heavy atom. The summed E-state index contributed by atoms with van der Waals surface area (Å²) in [6.07, 6.45) is 10.2. The predicted octanol–water partition coefficient (Wildman–Crippen LogP) is 30.9. The van der Waals surface area contributed by atoms with Crippen LogP contribution in [0.1, 0.15) is 139 Å². The van der Waals surface area contributed by atoms with Gasteiger partial charge in [-0.15, -0.1) is 35.4 Å². The van der Waals surface area contributed by atoms with E-state index in [9.17, 15) is 19.5 Å². The first-order valence-corrected chi connectivity index (χ1v) is 56.7. The minimum absolute atomic E-state index is 0. The van der Waals surface area contributed by atoms with Gasteiger partial charge in [0.2, 0.25) is 0 Å². The molecule has 0 aliphatic carbocycles. The van der Waals surface area contributed by atoms with Gasteiger partial charge in [-0.2, -0.15) is 0 Å². The minimum Gasteiger partial charge on any atom is -0.512 e. The zero-order valence-corrected chi connectivity index (χ0v) is 90.3. The van der Waals surface area contributed by atoms with Crippen LogP contribution in [0.15, 0.2) is 273 Å². The largest absolute Gasteiger partial charge is 0.512 e. The average molecular weight is 2380 g/mol. The Kier molecular flexibility index (Phi) is 36.2. The summed E-state index contributed by atoms with van der Waals surface area (Å²) in [5.41, 5.74) is 17.8. The summed E-state index contributed by atoms with van der Waals surface area (Å²) in [5.74, 6) is 9.47. The molecule has 17 heteroatoms. The van der Waals surface area contributed by atoms with E-state index in [2.05, 4.69) is 297 Å². The fourth-order valence-corrected chi connectivity index (χ4v) is 22.4. The van der Waals surface area contributed by atoms with Crippen molar-refractivity contribution in [1.82, 2.24) is 15.0 Å². The molecule has 12 nitrogen and oxygen atoms in total. The molecule has 0 bridgehead atoms. The van der Waals surface area contributed by atoms with E-state index < -0.39 is 21.3 Å². The zero-order chi connectivity index (χ0) is 93.2. The summed E-state index contributed by atoms with van der Waals surface area (Å²) >= 11 is -2.28. The first kappa shape index (κ1) is 104. The van der Waals surface area contributed by atoms with Gasteiger partial charge in [-0.3, -0.25) is 24.4 Å². The van der Waals surface area contributed by atoms with Gasteiger partial charge in [-0.25, -0.2) is 0 Å².